The maximum Gasteiger partial charge on any atom is 0.314 e. The molecule has 0 spiro atoms. The maximum atomic E-state index is 11.5. The molecule has 2 aromatic carbocycles. The summed E-state index contributed by atoms with van der Waals surface area (Å²) in [7, 11) is 0. The molecule has 2 amide bonds. The minimum Gasteiger partial charge on any atom is -0.368 e. The Bertz CT molecular complexity index is 1160. The van der Waals surface area contributed by atoms with Gasteiger partial charge in [0.15, 0.2) is 5.82 Å². The van der Waals surface area contributed by atoms with Crippen LogP contribution >= 0.6 is 11.6 Å². The first-order chi connectivity index (χ1) is 15.5. The van der Waals surface area contributed by atoms with Gasteiger partial charge in [-0.15, -0.1) is 0 Å². The van der Waals surface area contributed by atoms with Gasteiger partial charge in [0.1, 0.15) is 5.02 Å². The number of primary amides is 1. The second kappa shape index (κ2) is 8.55. The summed E-state index contributed by atoms with van der Waals surface area (Å²) in [6.45, 7) is 2.76. The van der Waals surface area contributed by atoms with Crippen LogP contribution in [0.5, 0.6) is 0 Å². The number of nitrogens with zero attached hydrogens (tertiary/aromatic N) is 4. The van der Waals surface area contributed by atoms with Crippen molar-refractivity contribution in [1.29, 1.82) is 0 Å². The van der Waals surface area contributed by atoms with Crippen molar-refractivity contribution in [2.45, 2.75) is 12.8 Å². The fourth-order valence-electron chi connectivity index (χ4n) is 4.20. The number of carbonyl (C=O) groups excluding carboxylic acids is 1. The number of amides is 2. The number of aryl methyl sites for hydroxylation is 2. The summed E-state index contributed by atoms with van der Waals surface area (Å²) >= 11 is 6.36. The Morgan fingerprint density at radius 1 is 1.00 bits per heavy atom. The minimum atomic E-state index is -0.357. The number of urea groups is 1. The molecule has 0 aliphatic carbocycles. The molecule has 1 aromatic heterocycles. The normalized spacial score (nSPS) is 15.5. The second-order valence-electron chi connectivity index (χ2n) is 8.00. The number of rotatable bonds is 1. The molecule has 0 unspecified atom stereocenters. The number of piperazine rings is 1. The van der Waals surface area contributed by atoms with E-state index in [-0.39, 0.29) is 6.03 Å². The Morgan fingerprint density at radius 2 is 1.81 bits per heavy atom. The van der Waals surface area contributed by atoms with E-state index in [0.717, 1.165) is 37.3 Å². The van der Waals surface area contributed by atoms with Gasteiger partial charge >= 0.3 is 6.03 Å². The van der Waals surface area contributed by atoms with Gasteiger partial charge in [0.25, 0.3) is 0 Å². The molecule has 5 rings (SSSR count). The van der Waals surface area contributed by atoms with E-state index in [2.05, 4.69) is 49.8 Å². The van der Waals surface area contributed by atoms with E-state index in [4.69, 9.17) is 17.3 Å². The zero-order valence-corrected chi connectivity index (χ0v) is 18.3. The molecular weight excluding hydrogens is 426 g/mol. The van der Waals surface area contributed by atoms with Crippen molar-refractivity contribution in [3.05, 3.63) is 64.8 Å². The van der Waals surface area contributed by atoms with Crippen molar-refractivity contribution in [2.75, 3.05) is 41.7 Å². The molecule has 2 aliphatic heterocycles. The molecule has 1 saturated heterocycles. The van der Waals surface area contributed by atoms with Crippen molar-refractivity contribution >= 4 is 46.5 Å². The zero-order valence-electron chi connectivity index (χ0n) is 17.5. The van der Waals surface area contributed by atoms with Crippen LogP contribution in [0, 0.1) is 0 Å². The molecule has 6 bridgehead atoms. The van der Waals surface area contributed by atoms with Crippen molar-refractivity contribution in [3.8, 4) is 0 Å². The van der Waals surface area contributed by atoms with Crippen molar-refractivity contribution in [1.82, 2.24) is 14.9 Å². The summed E-state index contributed by atoms with van der Waals surface area (Å²) < 4.78 is 0. The van der Waals surface area contributed by atoms with Crippen LogP contribution in [0.1, 0.15) is 11.1 Å². The molecule has 8 nitrogen and oxygen atoms in total. The molecular formula is C23H24ClN7O. The third-order valence-corrected chi connectivity index (χ3v) is 6.16. The lowest BCUT2D eigenvalue weighted by Gasteiger charge is -2.36. The van der Waals surface area contributed by atoms with E-state index >= 15 is 0 Å². The fraction of sp³-hybridized carbons (Fsp3) is 0.261. The molecule has 0 radical (unpaired) electrons. The average Bonchev–Trinajstić information content (AvgIpc) is 2.80. The van der Waals surface area contributed by atoms with Crippen LogP contribution in [0.2, 0.25) is 5.02 Å². The van der Waals surface area contributed by atoms with Gasteiger partial charge in [0, 0.05) is 43.2 Å². The van der Waals surface area contributed by atoms with Gasteiger partial charge in [-0.05, 0) is 54.3 Å². The van der Waals surface area contributed by atoms with Gasteiger partial charge < -0.3 is 26.2 Å². The number of carbonyl (C=O) groups is 1. The van der Waals surface area contributed by atoms with Crippen molar-refractivity contribution < 1.29 is 4.79 Å². The van der Waals surface area contributed by atoms with Crippen LogP contribution < -0.4 is 21.3 Å². The first-order valence-electron chi connectivity index (χ1n) is 10.6. The third-order valence-electron chi connectivity index (χ3n) is 5.88. The first-order valence-corrected chi connectivity index (χ1v) is 11.0. The summed E-state index contributed by atoms with van der Waals surface area (Å²) in [6, 6.07) is 14.2. The Hall–Kier alpha value is -3.52. The van der Waals surface area contributed by atoms with Crippen LogP contribution in [0.4, 0.5) is 33.6 Å². The van der Waals surface area contributed by atoms with E-state index in [1.54, 1.807) is 11.1 Å². The van der Waals surface area contributed by atoms with Crippen LogP contribution in [0.25, 0.3) is 0 Å². The van der Waals surface area contributed by atoms with E-state index < -0.39 is 0 Å². The molecule has 4 N–H and O–H groups in total. The second-order valence-corrected chi connectivity index (χ2v) is 8.40. The Morgan fingerprint density at radius 3 is 2.62 bits per heavy atom. The summed E-state index contributed by atoms with van der Waals surface area (Å²) in [6.07, 6.45) is 3.37. The molecule has 32 heavy (non-hydrogen) atoms. The summed E-state index contributed by atoms with van der Waals surface area (Å²) in [5.41, 5.74) is 10.9. The van der Waals surface area contributed by atoms with Crippen molar-refractivity contribution in [2.24, 2.45) is 5.73 Å². The van der Waals surface area contributed by atoms with Gasteiger partial charge in [-0.25, -0.2) is 9.78 Å². The molecule has 1 fully saturated rings. The molecule has 3 heterocycles. The van der Waals surface area contributed by atoms with Gasteiger partial charge in [-0.2, -0.15) is 4.98 Å². The number of aromatic nitrogens is 2. The standard InChI is InChI=1S/C23H24ClN7O/c24-19-14-26-23-28-17-3-1-2-15(12-17)4-5-16-13-18(27-21(19)29-23)6-7-20(16)30-8-10-31(11-9-30)22(25)32/h1-3,6-7,12-14H,4-5,8-11H2,(H2,25,32)(H2,26,27,28,29). The first kappa shape index (κ1) is 20.4. The lowest BCUT2D eigenvalue weighted by Crippen LogP contribution is -2.50. The third kappa shape index (κ3) is 4.27. The quantitative estimate of drug-likeness (QED) is 0.520. The SMILES string of the molecule is NC(=O)N1CCN(c2ccc3cc2CCc2cccc(c2)Nc2ncc(Cl)c(n2)N3)CC1. The summed E-state index contributed by atoms with van der Waals surface area (Å²) in [5, 5.41) is 7.05. The Kier molecular flexibility index (Phi) is 5.45. The predicted octanol–water partition coefficient (Wildman–Crippen LogP) is 3.92. The van der Waals surface area contributed by atoms with E-state index in [9.17, 15) is 4.79 Å². The molecule has 9 heteroatoms. The molecule has 3 aromatic rings. The number of benzene rings is 2. The highest BCUT2D eigenvalue weighted by Gasteiger charge is 2.21. The fourth-order valence-corrected chi connectivity index (χ4v) is 4.34. The van der Waals surface area contributed by atoms with Gasteiger partial charge in [0.2, 0.25) is 5.95 Å². The van der Waals surface area contributed by atoms with E-state index in [0.29, 0.717) is 29.9 Å². The van der Waals surface area contributed by atoms with Crippen molar-refractivity contribution in [3.63, 3.8) is 0 Å². The lowest BCUT2D eigenvalue weighted by molar-refractivity contribution is 0.204. The number of hydrogen-bond donors (Lipinski definition) is 3. The van der Waals surface area contributed by atoms with Crippen LogP contribution in [-0.2, 0) is 12.8 Å². The number of halogens is 1. The average molecular weight is 450 g/mol. The highest BCUT2D eigenvalue weighted by atomic mass is 35.5. The number of nitrogens with two attached hydrogens (primary N) is 1. The summed E-state index contributed by atoms with van der Waals surface area (Å²) in [4.78, 5) is 24.4. The lowest BCUT2D eigenvalue weighted by atomic mass is 10.0. The molecule has 0 saturated carbocycles. The van der Waals surface area contributed by atoms with Crippen LogP contribution in [-0.4, -0.2) is 47.1 Å². The van der Waals surface area contributed by atoms with Gasteiger partial charge in [-0.1, -0.05) is 23.7 Å². The highest BCUT2D eigenvalue weighted by molar-refractivity contribution is 6.32. The molecule has 0 atom stereocenters. The van der Waals surface area contributed by atoms with E-state index in [1.807, 2.05) is 18.2 Å². The highest BCUT2D eigenvalue weighted by Crippen LogP contribution is 2.31. The maximum absolute atomic E-state index is 11.5. The number of anilines is 5. The summed E-state index contributed by atoms with van der Waals surface area (Å²) in [5.74, 6) is 1.03. The minimum absolute atomic E-state index is 0.357. The molecule has 164 valence electrons. The Labute approximate surface area is 191 Å². The number of fused-ring (bicyclic) bond motifs is 6. The van der Waals surface area contributed by atoms with Crippen LogP contribution in [0.3, 0.4) is 0 Å². The van der Waals surface area contributed by atoms with Gasteiger partial charge in [-0.3, -0.25) is 0 Å². The largest absolute Gasteiger partial charge is 0.368 e. The smallest absolute Gasteiger partial charge is 0.314 e. The molecule has 2 aliphatic rings. The monoisotopic (exact) mass is 449 g/mol. The topological polar surface area (TPSA) is 99.4 Å². The zero-order chi connectivity index (χ0) is 22.1. The number of hydrogen-bond acceptors (Lipinski definition) is 6. The van der Waals surface area contributed by atoms with Crippen LogP contribution in [0.15, 0.2) is 48.7 Å². The predicted molar refractivity (Wildman–Crippen MR) is 127 cm³/mol. The number of nitrogens with one attached hydrogen (secondary N) is 2. The Balaban J connectivity index is 1.51. The van der Waals surface area contributed by atoms with E-state index in [1.165, 1.54) is 16.8 Å². The van der Waals surface area contributed by atoms with Gasteiger partial charge in [0.05, 0.1) is 6.20 Å².